The van der Waals surface area contributed by atoms with Crippen molar-refractivity contribution in [3.63, 3.8) is 0 Å². The summed E-state index contributed by atoms with van der Waals surface area (Å²) in [7, 11) is -4.56. The molecule has 0 atom stereocenters. The zero-order valence-corrected chi connectivity index (χ0v) is 10.4. The molecule has 1 N–H and O–H groups in total. The zero-order valence-electron chi connectivity index (χ0n) is 9.58. The zero-order chi connectivity index (χ0) is 15.6. The molecule has 1 rings (SSSR count). The Labute approximate surface area is 110 Å². The highest BCUT2D eigenvalue weighted by Crippen LogP contribution is 2.22. The van der Waals surface area contributed by atoms with E-state index in [0.29, 0.717) is 12.1 Å². The van der Waals surface area contributed by atoms with Crippen LogP contribution in [0.5, 0.6) is 0 Å². The smallest absolute Gasteiger partial charge is 0.207 e. The molecule has 0 radical (unpaired) electrons. The van der Waals surface area contributed by atoms with E-state index in [9.17, 15) is 30.4 Å². The summed E-state index contributed by atoms with van der Waals surface area (Å²) in [5.41, 5.74) is -0.617. The van der Waals surface area contributed by atoms with Gasteiger partial charge < -0.3 is 0 Å². The lowest BCUT2D eigenvalue weighted by Gasteiger charge is -2.15. The summed E-state index contributed by atoms with van der Waals surface area (Å²) in [4.78, 5) is -0.680. The SMILES string of the molecule is N#Cc1cc(S(=O)(=O)NCC(F)(F)C(F)F)ccc1F. The summed E-state index contributed by atoms with van der Waals surface area (Å²) in [5.74, 6) is -5.53. The van der Waals surface area contributed by atoms with E-state index in [1.807, 2.05) is 0 Å². The number of nitrogens with one attached hydrogen (secondary N) is 1. The average molecular weight is 314 g/mol. The molecular formula is C10H7F5N2O2S. The number of sulfonamides is 1. The van der Waals surface area contributed by atoms with E-state index < -0.39 is 45.2 Å². The van der Waals surface area contributed by atoms with Gasteiger partial charge in [-0.2, -0.15) is 14.0 Å². The minimum atomic E-state index is -4.56. The maximum absolute atomic E-state index is 13.0. The van der Waals surface area contributed by atoms with Gasteiger partial charge in [-0.15, -0.1) is 0 Å². The average Bonchev–Trinajstić information content (AvgIpc) is 2.37. The van der Waals surface area contributed by atoms with Gasteiger partial charge in [0, 0.05) is 0 Å². The van der Waals surface area contributed by atoms with E-state index in [1.165, 1.54) is 10.8 Å². The fourth-order valence-corrected chi connectivity index (χ4v) is 2.18. The van der Waals surface area contributed by atoms with Gasteiger partial charge in [-0.25, -0.2) is 26.3 Å². The number of hydrogen-bond acceptors (Lipinski definition) is 3. The normalized spacial score (nSPS) is 12.4. The highest BCUT2D eigenvalue weighted by Gasteiger charge is 2.41. The van der Waals surface area contributed by atoms with Gasteiger partial charge in [-0.05, 0) is 18.2 Å². The predicted octanol–water partition coefficient (Wildman–Crippen LogP) is 1.88. The lowest BCUT2D eigenvalue weighted by atomic mass is 10.2. The van der Waals surface area contributed by atoms with Crippen molar-refractivity contribution >= 4 is 10.0 Å². The van der Waals surface area contributed by atoms with Gasteiger partial charge in [0.25, 0.3) is 0 Å². The largest absolute Gasteiger partial charge is 0.320 e. The second-order valence-electron chi connectivity index (χ2n) is 3.64. The Hall–Kier alpha value is -1.73. The maximum atomic E-state index is 13.0. The highest BCUT2D eigenvalue weighted by molar-refractivity contribution is 7.89. The van der Waals surface area contributed by atoms with Crippen LogP contribution in [0.2, 0.25) is 0 Å². The molecule has 0 spiro atoms. The van der Waals surface area contributed by atoms with Crippen LogP contribution in [0.25, 0.3) is 0 Å². The van der Waals surface area contributed by atoms with Gasteiger partial charge in [0.05, 0.1) is 17.0 Å². The third kappa shape index (κ3) is 3.64. The van der Waals surface area contributed by atoms with Gasteiger partial charge in [0.1, 0.15) is 11.9 Å². The number of nitriles is 1. The number of halogens is 5. The Kier molecular flexibility index (Phi) is 4.67. The first-order valence-corrected chi connectivity index (χ1v) is 6.44. The van der Waals surface area contributed by atoms with E-state index in [2.05, 4.69) is 0 Å². The summed E-state index contributed by atoms with van der Waals surface area (Å²) in [6.07, 6.45) is -4.03. The number of benzene rings is 1. The summed E-state index contributed by atoms with van der Waals surface area (Å²) >= 11 is 0. The molecule has 110 valence electrons. The summed E-state index contributed by atoms with van der Waals surface area (Å²) in [5, 5.41) is 8.52. The minimum Gasteiger partial charge on any atom is -0.207 e. The lowest BCUT2D eigenvalue weighted by molar-refractivity contribution is -0.122. The van der Waals surface area contributed by atoms with Crippen LogP contribution in [0.3, 0.4) is 0 Å². The first-order valence-electron chi connectivity index (χ1n) is 4.95. The molecule has 1 aromatic rings. The third-order valence-corrected chi connectivity index (χ3v) is 3.58. The van der Waals surface area contributed by atoms with E-state index in [1.54, 1.807) is 0 Å². The Morgan fingerprint density at radius 1 is 1.35 bits per heavy atom. The summed E-state index contributed by atoms with van der Waals surface area (Å²) in [6, 6.07) is 3.34. The standard InChI is InChI=1S/C10H7F5N2O2S/c11-8-2-1-7(3-6(8)4-16)20(18,19)17-5-10(14,15)9(12)13/h1-3,9,17H,5H2. The Morgan fingerprint density at radius 3 is 2.45 bits per heavy atom. The van der Waals surface area contributed by atoms with E-state index in [0.717, 1.165) is 6.07 Å². The molecule has 0 aliphatic carbocycles. The van der Waals surface area contributed by atoms with E-state index in [4.69, 9.17) is 5.26 Å². The van der Waals surface area contributed by atoms with Crippen LogP contribution in [0.4, 0.5) is 22.0 Å². The highest BCUT2D eigenvalue weighted by atomic mass is 32.2. The number of hydrogen-bond donors (Lipinski definition) is 1. The maximum Gasteiger partial charge on any atom is 0.320 e. The molecular weight excluding hydrogens is 307 g/mol. The monoisotopic (exact) mass is 314 g/mol. The molecule has 4 nitrogen and oxygen atoms in total. The van der Waals surface area contributed by atoms with Gasteiger partial charge in [0.2, 0.25) is 10.0 Å². The van der Waals surface area contributed by atoms with Gasteiger partial charge in [-0.1, -0.05) is 0 Å². The predicted molar refractivity (Wildman–Crippen MR) is 57.3 cm³/mol. The molecule has 0 unspecified atom stereocenters. The summed E-state index contributed by atoms with van der Waals surface area (Å²) in [6.45, 7) is -1.81. The topological polar surface area (TPSA) is 70.0 Å². The van der Waals surface area contributed by atoms with E-state index in [-0.39, 0.29) is 0 Å². The molecule has 0 saturated carbocycles. The molecule has 0 saturated heterocycles. The Bertz CT molecular complexity index is 640. The van der Waals surface area contributed by atoms with Crippen LogP contribution in [0, 0.1) is 17.1 Å². The first kappa shape index (κ1) is 16.3. The van der Waals surface area contributed by atoms with Gasteiger partial charge in [-0.3, -0.25) is 0 Å². The van der Waals surface area contributed by atoms with Crippen LogP contribution in [0.1, 0.15) is 5.56 Å². The van der Waals surface area contributed by atoms with Crippen molar-refractivity contribution in [3.8, 4) is 6.07 Å². The molecule has 0 aliphatic rings. The number of alkyl halides is 4. The lowest BCUT2D eigenvalue weighted by Crippen LogP contribution is -2.41. The minimum absolute atomic E-state index is 0.609. The van der Waals surface area contributed by atoms with Gasteiger partial charge >= 0.3 is 12.3 Å². The molecule has 0 aromatic heterocycles. The first-order chi connectivity index (χ1) is 9.10. The van der Waals surface area contributed by atoms with Crippen LogP contribution in [0.15, 0.2) is 23.1 Å². The van der Waals surface area contributed by atoms with Crippen molar-refractivity contribution < 1.29 is 30.4 Å². The number of rotatable bonds is 5. The van der Waals surface area contributed by atoms with Crippen molar-refractivity contribution in [2.75, 3.05) is 6.54 Å². The van der Waals surface area contributed by atoms with E-state index >= 15 is 0 Å². The second-order valence-corrected chi connectivity index (χ2v) is 5.41. The van der Waals surface area contributed by atoms with Crippen molar-refractivity contribution in [1.29, 1.82) is 5.26 Å². The van der Waals surface area contributed by atoms with Crippen molar-refractivity contribution in [1.82, 2.24) is 4.72 Å². The van der Waals surface area contributed by atoms with Crippen LogP contribution >= 0.6 is 0 Å². The molecule has 10 heteroatoms. The Balaban J connectivity index is 2.99. The molecule has 0 heterocycles. The fourth-order valence-electron chi connectivity index (χ4n) is 1.11. The summed E-state index contributed by atoms with van der Waals surface area (Å²) < 4.78 is 86.4. The number of nitrogens with zero attached hydrogens (tertiary/aromatic N) is 1. The van der Waals surface area contributed by atoms with Crippen molar-refractivity contribution in [3.05, 3.63) is 29.6 Å². The molecule has 0 fully saturated rings. The fraction of sp³-hybridized carbons (Fsp3) is 0.300. The molecule has 0 aliphatic heterocycles. The third-order valence-electron chi connectivity index (χ3n) is 2.19. The quantitative estimate of drug-likeness (QED) is 0.844. The van der Waals surface area contributed by atoms with Gasteiger partial charge in [0.15, 0.2) is 0 Å². The Morgan fingerprint density at radius 2 is 1.95 bits per heavy atom. The van der Waals surface area contributed by atoms with Crippen molar-refractivity contribution in [2.45, 2.75) is 17.2 Å². The molecule has 20 heavy (non-hydrogen) atoms. The van der Waals surface area contributed by atoms with Crippen LogP contribution in [-0.2, 0) is 10.0 Å². The molecule has 1 aromatic carbocycles. The van der Waals surface area contributed by atoms with Crippen molar-refractivity contribution in [2.24, 2.45) is 0 Å². The molecule has 0 amide bonds. The molecule has 0 bridgehead atoms. The second kappa shape index (κ2) is 5.72. The van der Waals surface area contributed by atoms with Crippen LogP contribution in [-0.4, -0.2) is 27.3 Å². The van der Waals surface area contributed by atoms with Crippen LogP contribution < -0.4 is 4.72 Å².